The Morgan fingerprint density at radius 1 is 1.14 bits per heavy atom. The van der Waals surface area contributed by atoms with E-state index in [1.807, 2.05) is 0 Å². The average molecular weight is 406 g/mol. The van der Waals surface area contributed by atoms with E-state index in [2.05, 4.69) is 20.8 Å². The summed E-state index contributed by atoms with van der Waals surface area (Å²) in [6.07, 6.45) is 10.8. The molecule has 29 heavy (non-hydrogen) atoms. The van der Waals surface area contributed by atoms with Gasteiger partial charge in [-0.25, -0.2) is 0 Å². The number of hydrogen-bond acceptors (Lipinski definition) is 4. The number of fused-ring (bicyclic) bond motifs is 5. The Balaban J connectivity index is 1.53. The van der Waals surface area contributed by atoms with Crippen molar-refractivity contribution in [2.45, 2.75) is 97.1 Å². The van der Waals surface area contributed by atoms with Crippen LogP contribution in [0.4, 0.5) is 0 Å². The van der Waals surface area contributed by atoms with Crippen LogP contribution in [0.5, 0.6) is 0 Å². The monoisotopic (exact) mass is 405 g/mol. The molecule has 4 aliphatic carbocycles. The molecule has 4 fully saturated rings. The summed E-state index contributed by atoms with van der Waals surface area (Å²) < 4.78 is 4.86. The highest BCUT2D eigenvalue weighted by Crippen LogP contribution is 2.68. The van der Waals surface area contributed by atoms with Gasteiger partial charge in [0.05, 0.1) is 13.2 Å². The van der Waals surface area contributed by atoms with Gasteiger partial charge < -0.3 is 15.6 Å². The van der Waals surface area contributed by atoms with Gasteiger partial charge in [0.2, 0.25) is 0 Å². The van der Waals surface area contributed by atoms with Crippen LogP contribution < -0.4 is 5.73 Å². The summed E-state index contributed by atoms with van der Waals surface area (Å²) in [6.45, 7) is 7.21. The van der Waals surface area contributed by atoms with E-state index in [0.717, 1.165) is 31.1 Å². The van der Waals surface area contributed by atoms with E-state index < -0.39 is 0 Å². The van der Waals surface area contributed by atoms with Crippen LogP contribution in [0.3, 0.4) is 0 Å². The van der Waals surface area contributed by atoms with Crippen molar-refractivity contribution in [3.8, 4) is 0 Å². The number of carbonyl (C=O) groups is 1. The number of ether oxygens (including phenoxy) is 1. The Morgan fingerprint density at radius 3 is 2.62 bits per heavy atom. The summed E-state index contributed by atoms with van der Waals surface area (Å²) in [6, 6.07) is 0.384. The summed E-state index contributed by atoms with van der Waals surface area (Å²) in [5.74, 6) is 3.66. The third-order valence-corrected chi connectivity index (χ3v) is 10.6. The molecule has 0 radical (unpaired) electrons. The second-order valence-corrected chi connectivity index (χ2v) is 11.6. The molecule has 4 unspecified atom stereocenters. The maximum absolute atomic E-state index is 11.7. The number of aliphatic hydroxyl groups excluding tert-OH is 1. The number of methoxy groups -OCH3 is 1. The van der Waals surface area contributed by atoms with Crippen LogP contribution in [-0.2, 0) is 9.53 Å². The van der Waals surface area contributed by atoms with Crippen LogP contribution in [0, 0.1) is 46.3 Å². The van der Waals surface area contributed by atoms with Crippen LogP contribution in [0.2, 0.25) is 0 Å². The molecule has 4 saturated carbocycles. The van der Waals surface area contributed by atoms with Crippen LogP contribution in [0.25, 0.3) is 0 Å². The molecule has 0 aromatic rings. The lowest BCUT2D eigenvalue weighted by molar-refractivity contribution is -0.169. The molecule has 10 atom stereocenters. The van der Waals surface area contributed by atoms with Crippen molar-refractivity contribution in [3.05, 3.63) is 0 Å². The van der Waals surface area contributed by atoms with Gasteiger partial charge in [0, 0.05) is 12.5 Å². The Hall–Kier alpha value is -0.610. The van der Waals surface area contributed by atoms with E-state index >= 15 is 0 Å². The first-order valence-electron chi connectivity index (χ1n) is 12.2. The van der Waals surface area contributed by atoms with Gasteiger partial charge in [0.25, 0.3) is 0 Å². The highest BCUT2D eigenvalue weighted by molar-refractivity contribution is 5.69. The predicted molar refractivity (Wildman–Crippen MR) is 115 cm³/mol. The molecule has 0 amide bonds. The van der Waals surface area contributed by atoms with Crippen molar-refractivity contribution >= 4 is 5.97 Å². The van der Waals surface area contributed by atoms with Gasteiger partial charge in [-0.15, -0.1) is 0 Å². The maximum Gasteiger partial charge on any atom is 0.305 e. The Kier molecular flexibility index (Phi) is 5.83. The quantitative estimate of drug-likeness (QED) is 0.674. The molecule has 0 saturated heterocycles. The molecule has 0 aliphatic heterocycles. The van der Waals surface area contributed by atoms with Gasteiger partial charge >= 0.3 is 5.97 Å². The van der Waals surface area contributed by atoms with Crippen molar-refractivity contribution < 1.29 is 14.6 Å². The van der Waals surface area contributed by atoms with Gasteiger partial charge in [0.1, 0.15) is 0 Å². The zero-order chi connectivity index (χ0) is 21.0. The molecular formula is C25H43NO3. The normalized spacial score (nSPS) is 50.2. The number of nitrogens with two attached hydrogens (primary N) is 1. The van der Waals surface area contributed by atoms with Crippen LogP contribution in [0.1, 0.15) is 85.0 Å². The zero-order valence-electron chi connectivity index (χ0n) is 19.0. The molecule has 166 valence electrons. The number of hydrogen-bond donors (Lipinski definition) is 2. The van der Waals surface area contributed by atoms with Crippen LogP contribution in [0.15, 0.2) is 0 Å². The van der Waals surface area contributed by atoms with E-state index in [9.17, 15) is 9.90 Å². The minimum Gasteiger partial charge on any atom is -0.469 e. The molecular weight excluding hydrogens is 362 g/mol. The van der Waals surface area contributed by atoms with Crippen LogP contribution in [-0.4, -0.2) is 30.3 Å². The lowest BCUT2D eigenvalue weighted by Crippen LogP contribution is -2.59. The second kappa shape index (κ2) is 7.82. The van der Waals surface area contributed by atoms with Crippen molar-refractivity contribution in [1.82, 2.24) is 0 Å². The summed E-state index contributed by atoms with van der Waals surface area (Å²) in [5.41, 5.74) is 6.71. The van der Waals surface area contributed by atoms with Crippen LogP contribution >= 0.6 is 0 Å². The number of esters is 1. The maximum atomic E-state index is 11.7. The average Bonchev–Trinajstić information content (AvgIpc) is 3.06. The second-order valence-electron chi connectivity index (χ2n) is 11.6. The van der Waals surface area contributed by atoms with Gasteiger partial charge in [-0.3, -0.25) is 4.79 Å². The van der Waals surface area contributed by atoms with Gasteiger partial charge in [0.15, 0.2) is 0 Å². The van der Waals surface area contributed by atoms with E-state index in [-0.39, 0.29) is 17.5 Å². The SMILES string of the molecule is COC(=O)CC[C@H](C)C1CCC2C3CC[C@@H]4C[C@@H](N)CC[C@]4(C)C3C[C@@H](O)[C@@]21C. The summed E-state index contributed by atoms with van der Waals surface area (Å²) >= 11 is 0. The number of aliphatic hydroxyl groups is 1. The lowest BCUT2D eigenvalue weighted by Gasteiger charge is -2.62. The summed E-state index contributed by atoms with van der Waals surface area (Å²) in [5, 5.41) is 11.6. The summed E-state index contributed by atoms with van der Waals surface area (Å²) in [4.78, 5) is 11.7. The van der Waals surface area contributed by atoms with Gasteiger partial charge in [-0.1, -0.05) is 20.8 Å². The van der Waals surface area contributed by atoms with E-state index in [0.29, 0.717) is 41.5 Å². The molecule has 0 aromatic carbocycles. The molecule has 0 spiro atoms. The largest absolute Gasteiger partial charge is 0.469 e. The standard InChI is InChI=1S/C25H43NO3/c1-15(5-10-23(28)29-4)19-8-9-20-18-7-6-16-13-17(26)11-12-24(16,2)21(18)14-22(27)25(19,20)3/h15-22,27H,5-14,26H2,1-4H3/t15-,16+,17-,18?,19?,20?,21?,22+,24-,25+/m0/s1. The first-order chi connectivity index (χ1) is 13.7. The van der Waals surface area contributed by atoms with Crippen molar-refractivity contribution in [1.29, 1.82) is 0 Å². The topological polar surface area (TPSA) is 72.5 Å². The first-order valence-corrected chi connectivity index (χ1v) is 12.2. The van der Waals surface area contributed by atoms with E-state index in [1.165, 1.54) is 45.6 Å². The van der Waals surface area contributed by atoms with Crippen molar-refractivity contribution in [2.75, 3.05) is 7.11 Å². The molecule has 4 nitrogen and oxygen atoms in total. The molecule has 0 bridgehead atoms. The fourth-order valence-corrected chi connectivity index (χ4v) is 8.86. The minimum absolute atomic E-state index is 0.00493. The minimum atomic E-state index is -0.215. The Morgan fingerprint density at radius 2 is 1.90 bits per heavy atom. The van der Waals surface area contributed by atoms with E-state index in [1.54, 1.807) is 0 Å². The first kappa shape index (κ1) is 21.6. The van der Waals surface area contributed by atoms with Crippen molar-refractivity contribution in [3.63, 3.8) is 0 Å². The molecule has 4 heteroatoms. The van der Waals surface area contributed by atoms with Crippen molar-refractivity contribution in [2.24, 2.45) is 52.1 Å². The number of rotatable bonds is 4. The molecule has 4 aliphatic rings. The summed E-state index contributed by atoms with van der Waals surface area (Å²) in [7, 11) is 1.47. The molecule has 0 aromatic heterocycles. The van der Waals surface area contributed by atoms with Gasteiger partial charge in [-0.05, 0) is 104 Å². The van der Waals surface area contributed by atoms with E-state index in [4.69, 9.17) is 10.5 Å². The Bertz CT molecular complexity index is 623. The highest BCUT2D eigenvalue weighted by Gasteiger charge is 2.63. The van der Waals surface area contributed by atoms with Gasteiger partial charge in [-0.2, -0.15) is 0 Å². The molecule has 4 rings (SSSR count). The third kappa shape index (κ3) is 3.37. The molecule has 0 heterocycles. The predicted octanol–water partition coefficient (Wildman–Crippen LogP) is 4.53. The lowest BCUT2D eigenvalue weighted by atomic mass is 9.43. The fourth-order valence-electron chi connectivity index (χ4n) is 8.86. The molecule has 3 N–H and O–H groups in total. The smallest absolute Gasteiger partial charge is 0.305 e. The fraction of sp³-hybridized carbons (Fsp3) is 0.960. The highest BCUT2D eigenvalue weighted by atomic mass is 16.5. The zero-order valence-corrected chi connectivity index (χ0v) is 19.0. The third-order valence-electron chi connectivity index (χ3n) is 10.6. The number of carbonyl (C=O) groups excluding carboxylic acids is 1. The Labute approximate surface area is 177 Å².